The molecule has 0 saturated heterocycles. The lowest BCUT2D eigenvalue weighted by molar-refractivity contribution is -0.121. The van der Waals surface area contributed by atoms with E-state index < -0.39 is 5.92 Å². The van der Waals surface area contributed by atoms with Crippen molar-refractivity contribution in [1.82, 2.24) is 5.32 Å². The van der Waals surface area contributed by atoms with E-state index in [1.807, 2.05) is 12.1 Å². The van der Waals surface area contributed by atoms with Crippen molar-refractivity contribution in [2.24, 2.45) is 0 Å². The molecule has 0 radical (unpaired) electrons. The number of hydrogen-bond donors (Lipinski definition) is 1. The van der Waals surface area contributed by atoms with E-state index in [1.54, 1.807) is 12.1 Å². The SMILES string of the molecule is CCCCNC(=O)CC(C#N)c1ccccc1Cl. The molecule has 0 spiro atoms. The highest BCUT2D eigenvalue weighted by Gasteiger charge is 2.17. The molecule has 0 aliphatic heterocycles. The molecule has 0 saturated carbocycles. The summed E-state index contributed by atoms with van der Waals surface area (Å²) in [5.74, 6) is -0.588. The number of carbonyl (C=O) groups excluding carboxylic acids is 1. The van der Waals surface area contributed by atoms with E-state index >= 15 is 0 Å². The molecule has 0 aliphatic rings. The van der Waals surface area contributed by atoms with Gasteiger partial charge in [-0.1, -0.05) is 43.1 Å². The van der Waals surface area contributed by atoms with E-state index in [0.29, 0.717) is 17.1 Å². The second-order valence-electron chi connectivity index (χ2n) is 4.11. The maximum absolute atomic E-state index is 11.7. The van der Waals surface area contributed by atoms with Gasteiger partial charge in [-0.3, -0.25) is 4.79 Å². The summed E-state index contributed by atoms with van der Waals surface area (Å²) in [6, 6.07) is 9.28. The second kappa shape index (κ2) is 7.73. The van der Waals surface area contributed by atoms with E-state index in [2.05, 4.69) is 18.3 Å². The topological polar surface area (TPSA) is 52.9 Å². The second-order valence-corrected chi connectivity index (χ2v) is 4.52. The minimum absolute atomic E-state index is 0.102. The average Bonchev–Trinajstić information content (AvgIpc) is 2.37. The highest BCUT2D eigenvalue weighted by Crippen LogP contribution is 2.26. The predicted molar refractivity (Wildman–Crippen MR) is 72.3 cm³/mol. The van der Waals surface area contributed by atoms with Gasteiger partial charge in [0.15, 0.2) is 0 Å². The molecular weight excluding hydrogens is 248 g/mol. The van der Waals surface area contributed by atoms with E-state index in [9.17, 15) is 4.79 Å². The van der Waals surface area contributed by atoms with Gasteiger partial charge in [0.1, 0.15) is 0 Å². The lowest BCUT2D eigenvalue weighted by Crippen LogP contribution is -2.25. The standard InChI is InChI=1S/C14H17ClN2O/c1-2-3-8-17-14(18)9-11(10-16)12-6-4-5-7-13(12)15/h4-7,11H,2-3,8-9H2,1H3,(H,17,18). The molecule has 1 atom stereocenters. The van der Waals surface area contributed by atoms with Crippen LogP contribution in [-0.4, -0.2) is 12.5 Å². The van der Waals surface area contributed by atoms with E-state index in [1.165, 1.54) is 0 Å². The van der Waals surface area contributed by atoms with Gasteiger partial charge in [-0.25, -0.2) is 0 Å². The third-order valence-electron chi connectivity index (χ3n) is 2.68. The summed E-state index contributed by atoms with van der Waals surface area (Å²) in [5, 5.41) is 12.5. The van der Waals surface area contributed by atoms with Gasteiger partial charge >= 0.3 is 0 Å². The summed E-state index contributed by atoms with van der Waals surface area (Å²) in [4.78, 5) is 11.7. The van der Waals surface area contributed by atoms with Crippen molar-refractivity contribution >= 4 is 17.5 Å². The largest absolute Gasteiger partial charge is 0.356 e. The molecule has 0 aliphatic carbocycles. The van der Waals surface area contributed by atoms with E-state index in [-0.39, 0.29) is 12.3 Å². The number of nitriles is 1. The summed E-state index contributed by atoms with van der Waals surface area (Å²) in [5.41, 5.74) is 0.715. The maximum atomic E-state index is 11.7. The Hall–Kier alpha value is -1.53. The molecular formula is C14H17ClN2O. The van der Waals surface area contributed by atoms with Crippen molar-refractivity contribution in [2.45, 2.75) is 32.1 Å². The molecule has 3 nitrogen and oxygen atoms in total. The fraction of sp³-hybridized carbons (Fsp3) is 0.429. The first-order valence-electron chi connectivity index (χ1n) is 6.09. The van der Waals surface area contributed by atoms with Crippen molar-refractivity contribution in [2.75, 3.05) is 6.54 Å². The molecule has 0 aromatic heterocycles. The number of halogens is 1. The summed E-state index contributed by atoms with van der Waals surface area (Å²) >= 11 is 6.03. The molecule has 1 N–H and O–H groups in total. The molecule has 1 amide bonds. The predicted octanol–water partition coefficient (Wildman–Crippen LogP) is 3.25. The van der Waals surface area contributed by atoms with Gasteiger partial charge in [0.25, 0.3) is 0 Å². The van der Waals surface area contributed by atoms with Gasteiger partial charge < -0.3 is 5.32 Å². The Morgan fingerprint density at radius 2 is 2.22 bits per heavy atom. The Kier molecular flexibility index (Phi) is 6.24. The zero-order chi connectivity index (χ0) is 13.4. The fourth-order valence-corrected chi connectivity index (χ4v) is 1.91. The van der Waals surface area contributed by atoms with Crippen LogP contribution >= 0.6 is 11.6 Å². The van der Waals surface area contributed by atoms with Gasteiger partial charge in [-0.2, -0.15) is 5.26 Å². The molecule has 18 heavy (non-hydrogen) atoms. The Balaban J connectivity index is 2.61. The first-order chi connectivity index (χ1) is 8.69. The number of nitrogens with one attached hydrogen (secondary N) is 1. The average molecular weight is 265 g/mol. The van der Waals surface area contributed by atoms with Crippen LogP contribution in [0.1, 0.15) is 37.7 Å². The number of carbonyl (C=O) groups is 1. The zero-order valence-electron chi connectivity index (χ0n) is 10.4. The number of benzene rings is 1. The molecule has 1 aromatic carbocycles. The molecule has 4 heteroatoms. The summed E-state index contributed by atoms with van der Waals surface area (Å²) < 4.78 is 0. The van der Waals surface area contributed by atoms with Crippen LogP contribution in [0.5, 0.6) is 0 Å². The molecule has 0 heterocycles. The third kappa shape index (κ3) is 4.38. The van der Waals surface area contributed by atoms with Crippen molar-refractivity contribution in [3.8, 4) is 6.07 Å². The number of nitrogens with zero attached hydrogens (tertiary/aromatic N) is 1. The maximum Gasteiger partial charge on any atom is 0.221 e. The van der Waals surface area contributed by atoms with Crippen LogP contribution in [0.2, 0.25) is 5.02 Å². The third-order valence-corrected chi connectivity index (χ3v) is 3.02. The van der Waals surface area contributed by atoms with Gasteiger partial charge in [-0.15, -0.1) is 0 Å². The van der Waals surface area contributed by atoms with Crippen molar-refractivity contribution in [3.63, 3.8) is 0 Å². The van der Waals surface area contributed by atoms with Crippen LogP contribution < -0.4 is 5.32 Å². The Bertz CT molecular complexity index is 440. The summed E-state index contributed by atoms with van der Waals surface area (Å²) in [7, 11) is 0. The van der Waals surface area contributed by atoms with Crippen LogP contribution in [0.15, 0.2) is 24.3 Å². The lowest BCUT2D eigenvalue weighted by Gasteiger charge is -2.11. The van der Waals surface area contributed by atoms with Crippen molar-refractivity contribution in [1.29, 1.82) is 5.26 Å². The van der Waals surface area contributed by atoms with Gasteiger partial charge in [-0.05, 0) is 18.1 Å². The number of unbranched alkanes of at least 4 members (excludes halogenated alkanes) is 1. The highest BCUT2D eigenvalue weighted by molar-refractivity contribution is 6.31. The van der Waals surface area contributed by atoms with Crippen LogP contribution in [0.25, 0.3) is 0 Å². The molecule has 1 aromatic rings. The van der Waals surface area contributed by atoms with Crippen LogP contribution in [-0.2, 0) is 4.79 Å². The zero-order valence-corrected chi connectivity index (χ0v) is 11.2. The van der Waals surface area contributed by atoms with Gasteiger partial charge in [0, 0.05) is 18.0 Å². The minimum atomic E-state index is -0.486. The fourth-order valence-electron chi connectivity index (χ4n) is 1.64. The van der Waals surface area contributed by atoms with Gasteiger partial charge in [0.05, 0.1) is 12.0 Å². The number of amides is 1. The summed E-state index contributed by atoms with van der Waals surface area (Å²) in [6.07, 6.45) is 2.14. The van der Waals surface area contributed by atoms with Crippen LogP contribution in [0, 0.1) is 11.3 Å². The molecule has 0 fully saturated rings. The smallest absolute Gasteiger partial charge is 0.221 e. The van der Waals surface area contributed by atoms with E-state index in [4.69, 9.17) is 16.9 Å². The highest BCUT2D eigenvalue weighted by atomic mass is 35.5. The van der Waals surface area contributed by atoms with Crippen LogP contribution in [0.4, 0.5) is 0 Å². The monoisotopic (exact) mass is 264 g/mol. The first-order valence-corrected chi connectivity index (χ1v) is 6.47. The normalized spacial score (nSPS) is 11.6. The van der Waals surface area contributed by atoms with Crippen LogP contribution in [0.3, 0.4) is 0 Å². The Morgan fingerprint density at radius 3 is 2.83 bits per heavy atom. The van der Waals surface area contributed by atoms with Crippen molar-refractivity contribution in [3.05, 3.63) is 34.9 Å². The minimum Gasteiger partial charge on any atom is -0.356 e. The van der Waals surface area contributed by atoms with Gasteiger partial charge in [0.2, 0.25) is 5.91 Å². The first kappa shape index (κ1) is 14.5. The lowest BCUT2D eigenvalue weighted by atomic mass is 9.97. The molecule has 0 bridgehead atoms. The summed E-state index contributed by atoms with van der Waals surface area (Å²) in [6.45, 7) is 2.73. The quantitative estimate of drug-likeness (QED) is 0.802. The Labute approximate surface area is 113 Å². The number of rotatable bonds is 6. The molecule has 96 valence electrons. The molecule has 1 unspecified atom stereocenters. The van der Waals surface area contributed by atoms with E-state index in [0.717, 1.165) is 12.8 Å². The van der Waals surface area contributed by atoms with Crippen molar-refractivity contribution < 1.29 is 4.79 Å². The molecule has 1 rings (SSSR count). The Morgan fingerprint density at radius 1 is 1.50 bits per heavy atom. The number of hydrogen-bond acceptors (Lipinski definition) is 2.